The molecule has 0 radical (unpaired) electrons. The lowest BCUT2D eigenvalue weighted by Crippen LogP contribution is -2.25. The highest BCUT2D eigenvalue weighted by molar-refractivity contribution is 9.11. The van der Waals surface area contributed by atoms with Crippen molar-refractivity contribution in [2.45, 2.75) is 57.7 Å². The van der Waals surface area contributed by atoms with Crippen LogP contribution in [0.2, 0.25) is 0 Å². The van der Waals surface area contributed by atoms with Crippen LogP contribution in [0.15, 0.2) is 90.7 Å². The molecule has 46 heavy (non-hydrogen) atoms. The molecule has 6 nitrogen and oxygen atoms in total. The van der Waals surface area contributed by atoms with Crippen LogP contribution in [0.25, 0.3) is 0 Å². The van der Waals surface area contributed by atoms with Gasteiger partial charge in [0, 0.05) is 10.8 Å². The van der Waals surface area contributed by atoms with Crippen molar-refractivity contribution < 1.29 is 29.5 Å². The zero-order chi connectivity index (χ0) is 33.8. The Morgan fingerprint density at radius 1 is 0.565 bits per heavy atom. The Kier molecular flexibility index (Phi) is 12.3. The van der Waals surface area contributed by atoms with Crippen LogP contribution >= 0.6 is 63.7 Å². The third-order valence-electron chi connectivity index (χ3n) is 7.94. The lowest BCUT2D eigenvalue weighted by atomic mass is 9.78. The Balaban J connectivity index is 1.37. The summed E-state index contributed by atoms with van der Waals surface area (Å²) in [4.78, 5) is 0. The number of ether oxygens (including phenoxy) is 3. The van der Waals surface area contributed by atoms with Crippen LogP contribution < -0.4 is 14.2 Å². The van der Waals surface area contributed by atoms with Crippen LogP contribution in [0.1, 0.15) is 56.9 Å². The second-order valence-corrected chi connectivity index (χ2v) is 15.7. The molecule has 4 aromatic carbocycles. The summed E-state index contributed by atoms with van der Waals surface area (Å²) in [5.41, 5.74) is 3.64. The van der Waals surface area contributed by atoms with Crippen molar-refractivity contribution in [3.8, 4) is 23.0 Å². The van der Waals surface area contributed by atoms with Gasteiger partial charge in [-0.15, -0.1) is 0 Å². The largest absolute Gasteiger partial charge is 0.508 e. The number of rotatable bonds is 13. The fourth-order valence-electron chi connectivity index (χ4n) is 4.92. The zero-order valence-electron chi connectivity index (χ0n) is 26.3. The number of phenols is 1. The Morgan fingerprint density at radius 2 is 0.935 bits per heavy atom. The molecule has 0 heterocycles. The number of aliphatic hydroxyl groups is 2. The van der Waals surface area contributed by atoms with Crippen LogP contribution in [0.3, 0.4) is 0 Å². The first-order chi connectivity index (χ1) is 21.6. The second kappa shape index (κ2) is 15.4. The number of benzene rings is 4. The van der Waals surface area contributed by atoms with Crippen molar-refractivity contribution in [3.63, 3.8) is 0 Å². The predicted octanol–water partition coefficient (Wildman–Crippen LogP) is 9.67. The van der Waals surface area contributed by atoms with Gasteiger partial charge in [0.2, 0.25) is 0 Å². The summed E-state index contributed by atoms with van der Waals surface area (Å²) in [5, 5.41) is 29.9. The minimum absolute atomic E-state index is 0.0414. The molecule has 0 fully saturated rings. The van der Waals surface area contributed by atoms with Crippen molar-refractivity contribution in [3.05, 3.63) is 113 Å². The summed E-state index contributed by atoms with van der Waals surface area (Å²) in [6.07, 6.45) is -1.43. The molecule has 10 heteroatoms. The normalized spacial score (nSPS) is 13.3. The average Bonchev–Trinajstić information content (AvgIpc) is 2.99. The van der Waals surface area contributed by atoms with E-state index in [0.29, 0.717) is 17.2 Å². The third-order valence-corrected chi connectivity index (χ3v) is 10.3. The Hall–Kier alpha value is -2.08. The molecular weight excluding hydrogens is 848 g/mol. The minimum atomic E-state index is -0.854. The molecule has 2 atom stereocenters. The minimum Gasteiger partial charge on any atom is -0.508 e. The fourth-order valence-corrected chi connectivity index (χ4v) is 7.75. The molecule has 0 saturated heterocycles. The van der Waals surface area contributed by atoms with Crippen LogP contribution in [-0.2, 0) is 10.8 Å². The number of aliphatic hydroxyl groups excluding tert-OH is 2. The van der Waals surface area contributed by atoms with E-state index < -0.39 is 12.2 Å². The molecule has 0 aliphatic rings. The summed E-state index contributed by atoms with van der Waals surface area (Å²) in [5.74, 6) is 2.12. The molecular formula is C36H38Br4O6. The first-order valence-corrected chi connectivity index (χ1v) is 17.9. The SMILES string of the molecule is CC(O)COc1c(Br)cc(C(C)(C)c2cc(Br)c(OCC(O)COc3ccc(C(C)(C)c4ccc(O)cc4)cc3)c(Br)c2)cc1Br. The van der Waals surface area contributed by atoms with Gasteiger partial charge in [-0.05, 0) is 141 Å². The topological polar surface area (TPSA) is 88.4 Å². The van der Waals surface area contributed by atoms with Crippen molar-refractivity contribution in [1.82, 2.24) is 0 Å². The summed E-state index contributed by atoms with van der Waals surface area (Å²) in [6.45, 7) is 10.5. The smallest absolute Gasteiger partial charge is 0.147 e. The van der Waals surface area contributed by atoms with Gasteiger partial charge in [0.05, 0.1) is 24.0 Å². The molecule has 0 amide bonds. The molecule has 0 aliphatic heterocycles. The maximum absolute atomic E-state index is 10.6. The fraction of sp³-hybridized carbons (Fsp3) is 0.333. The van der Waals surface area contributed by atoms with Crippen LogP contribution in [-0.4, -0.2) is 47.3 Å². The van der Waals surface area contributed by atoms with Gasteiger partial charge >= 0.3 is 0 Å². The van der Waals surface area contributed by atoms with E-state index in [0.717, 1.165) is 40.1 Å². The molecule has 0 bridgehead atoms. The summed E-state index contributed by atoms with van der Waals surface area (Å²) >= 11 is 14.6. The quantitative estimate of drug-likeness (QED) is 0.124. The van der Waals surface area contributed by atoms with Gasteiger partial charge in [0.25, 0.3) is 0 Å². The van der Waals surface area contributed by atoms with Gasteiger partial charge in [-0.25, -0.2) is 0 Å². The van der Waals surface area contributed by atoms with E-state index in [2.05, 4.69) is 91.4 Å². The zero-order valence-corrected chi connectivity index (χ0v) is 32.6. The summed E-state index contributed by atoms with van der Waals surface area (Å²) in [7, 11) is 0. The lowest BCUT2D eigenvalue weighted by molar-refractivity contribution is 0.0621. The van der Waals surface area contributed by atoms with Gasteiger partial charge < -0.3 is 29.5 Å². The summed E-state index contributed by atoms with van der Waals surface area (Å²) in [6, 6.07) is 23.1. The molecule has 0 saturated carbocycles. The predicted molar refractivity (Wildman–Crippen MR) is 197 cm³/mol. The molecule has 4 aromatic rings. The van der Waals surface area contributed by atoms with E-state index >= 15 is 0 Å². The maximum Gasteiger partial charge on any atom is 0.147 e. The van der Waals surface area contributed by atoms with Crippen molar-refractivity contribution in [1.29, 1.82) is 0 Å². The Labute approximate surface area is 304 Å². The molecule has 246 valence electrons. The Bertz CT molecular complexity index is 1590. The number of phenolic OH excluding ortho intramolecular Hbond substituents is 1. The van der Waals surface area contributed by atoms with E-state index in [-0.39, 0.29) is 36.4 Å². The monoisotopic (exact) mass is 882 g/mol. The van der Waals surface area contributed by atoms with Gasteiger partial charge in [-0.1, -0.05) is 52.0 Å². The van der Waals surface area contributed by atoms with E-state index in [1.165, 1.54) is 0 Å². The average molecular weight is 886 g/mol. The van der Waals surface area contributed by atoms with Crippen molar-refractivity contribution in [2.24, 2.45) is 0 Å². The number of hydrogen-bond acceptors (Lipinski definition) is 6. The Morgan fingerprint density at radius 3 is 1.37 bits per heavy atom. The number of aromatic hydroxyl groups is 1. The molecule has 4 rings (SSSR count). The van der Waals surface area contributed by atoms with Gasteiger partial charge in [-0.3, -0.25) is 0 Å². The van der Waals surface area contributed by atoms with Gasteiger partial charge in [0.1, 0.15) is 48.9 Å². The van der Waals surface area contributed by atoms with Gasteiger partial charge in [-0.2, -0.15) is 0 Å². The van der Waals surface area contributed by atoms with E-state index in [1.54, 1.807) is 19.1 Å². The van der Waals surface area contributed by atoms with E-state index in [4.69, 9.17) is 14.2 Å². The van der Waals surface area contributed by atoms with E-state index in [9.17, 15) is 15.3 Å². The van der Waals surface area contributed by atoms with Crippen molar-refractivity contribution in [2.75, 3.05) is 19.8 Å². The van der Waals surface area contributed by atoms with E-state index in [1.807, 2.05) is 60.7 Å². The maximum atomic E-state index is 10.6. The first kappa shape index (κ1) is 36.8. The highest BCUT2D eigenvalue weighted by Gasteiger charge is 2.28. The number of hydrogen-bond donors (Lipinski definition) is 3. The van der Waals surface area contributed by atoms with Gasteiger partial charge in [0.15, 0.2) is 0 Å². The third kappa shape index (κ3) is 8.88. The standard InChI is InChI=1S/C36H38Br4O6/c1-21(41)18-45-33-29(37)14-24(15-30(33)38)36(4,5)25-16-31(39)34(32(40)17-25)46-20-27(43)19-44-28-12-8-23(9-13-28)35(2,3)22-6-10-26(42)11-7-22/h6-17,21,27,41-43H,18-20H2,1-5H3. The molecule has 3 N–H and O–H groups in total. The van der Waals surface area contributed by atoms with Crippen LogP contribution in [0, 0.1) is 0 Å². The van der Waals surface area contributed by atoms with Crippen LogP contribution in [0.5, 0.6) is 23.0 Å². The second-order valence-electron chi connectivity index (χ2n) is 12.3. The highest BCUT2D eigenvalue weighted by Crippen LogP contribution is 2.44. The molecule has 0 aliphatic carbocycles. The first-order valence-electron chi connectivity index (χ1n) is 14.7. The molecule has 0 aromatic heterocycles. The van der Waals surface area contributed by atoms with Crippen LogP contribution in [0.4, 0.5) is 0 Å². The molecule has 2 unspecified atom stereocenters. The molecule has 0 spiro atoms. The van der Waals surface area contributed by atoms with Crippen molar-refractivity contribution >= 4 is 63.7 Å². The summed E-state index contributed by atoms with van der Waals surface area (Å²) < 4.78 is 20.7. The lowest BCUT2D eigenvalue weighted by Gasteiger charge is -2.28. The highest BCUT2D eigenvalue weighted by atomic mass is 79.9. The number of halogens is 4.